The van der Waals surface area contributed by atoms with Gasteiger partial charge in [0.15, 0.2) is 0 Å². The van der Waals surface area contributed by atoms with E-state index >= 15 is 0 Å². The molecule has 6 heteroatoms. The molecule has 2 atom stereocenters. The van der Waals surface area contributed by atoms with E-state index < -0.39 is 17.5 Å². The normalized spacial score (nSPS) is 29.7. The van der Waals surface area contributed by atoms with Crippen LogP contribution in [0.4, 0.5) is 4.79 Å². The first-order valence-electron chi connectivity index (χ1n) is 5.94. The number of amides is 2. The number of carboxylic acid groups (broad SMARTS) is 1. The Hall–Kier alpha value is -1.30. The Kier molecular flexibility index (Phi) is 3.24. The number of aliphatic carboxylic acids is 1. The van der Waals surface area contributed by atoms with Gasteiger partial charge < -0.3 is 20.5 Å². The van der Waals surface area contributed by atoms with E-state index in [1.165, 1.54) is 0 Å². The molecule has 3 N–H and O–H groups in total. The van der Waals surface area contributed by atoms with Gasteiger partial charge in [-0.1, -0.05) is 0 Å². The maximum Gasteiger partial charge on any atom is 0.329 e. The third kappa shape index (κ3) is 2.69. The van der Waals surface area contributed by atoms with Crippen molar-refractivity contribution in [3.8, 4) is 0 Å². The van der Waals surface area contributed by atoms with Gasteiger partial charge in [0, 0.05) is 19.1 Å². The molecular formula is C11H18N2O4. The van der Waals surface area contributed by atoms with Gasteiger partial charge in [-0.2, -0.15) is 0 Å². The van der Waals surface area contributed by atoms with Crippen LogP contribution in [-0.4, -0.2) is 41.9 Å². The van der Waals surface area contributed by atoms with Gasteiger partial charge in [-0.25, -0.2) is 9.59 Å². The highest BCUT2D eigenvalue weighted by Gasteiger charge is 2.51. The van der Waals surface area contributed by atoms with Crippen LogP contribution in [0.2, 0.25) is 0 Å². The Labute approximate surface area is 99.7 Å². The van der Waals surface area contributed by atoms with Crippen molar-refractivity contribution < 1.29 is 19.4 Å². The van der Waals surface area contributed by atoms with E-state index in [2.05, 4.69) is 10.6 Å². The molecule has 6 nitrogen and oxygen atoms in total. The van der Waals surface area contributed by atoms with E-state index in [1.54, 1.807) is 0 Å². The smallest absolute Gasteiger partial charge is 0.329 e. The maximum absolute atomic E-state index is 11.5. The van der Waals surface area contributed by atoms with Gasteiger partial charge >= 0.3 is 12.0 Å². The zero-order valence-corrected chi connectivity index (χ0v) is 9.86. The highest BCUT2D eigenvalue weighted by molar-refractivity contribution is 5.88. The number of carbonyl (C=O) groups excluding carboxylic acids is 1. The van der Waals surface area contributed by atoms with Crippen molar-refractivity contribution in [1.82, 2.24) is 10.6 Å². The van der Waals surface area contributed by atoms with Gasteiger partial charge in [0.05, 0.1) is 6.10 Å². The van der Waals surface area contributed by atoms with E-state index in [1.807, 2.05) is 6.92 Å². The van der Waals surface area contributed by atoms with E-state index in [-0.39, 0.29) is 6.10 Å². The van der Waals surface area contributed by atoms with Crippen LogP contribution in [-0.2, 0) is 9.53 Å². The summed E-state index contributed by atoms with van der Waals surface area (Å²) in [6.07, 6.45) is 2.12. The zero-order valence-electron chi connectivity index (χ0n) is 9.86. The lowest BCUT2D eigenvalue weighted by atomic mass is 10.0. The lowest BCUT2D eigenvalue weighted by molar-refractivity contribution is -0.140. The second-order valence-electron chi connectivity index (χ2n) is 4.85. The van der Waals surface area contributed by atoms with Gasteiger partial charge in [-0.15, -0.1) is 0 Å². The Morgan fingerprint density at radius 3 is 2.65 bits per heavy atom. The first-order valence-corrected chi connectivity index (χ1v) is 5.94. The fraction of sp³-hybridized carbons (Fsp3) is 0.818. The minimum atomic E-state index is -1.01. The first kappa shape index (κ1) is 12.2. The topological polar surface area (TPSA) is 87.7 Å². The number of rotatable bonds is 4. The van der Waals surface area contributed by atoms with Crippen molar-refractivity contribution in [2.24, 2.45) is 5.92 Å². The van der Waals surface area contributed by atoms with Crippen LogP contribution < -0.4 is 10.6 Å². The summed E-state index contributed by atoms with van der Waals surface area (Å²) in [4.78, 5) is 22.4. The molecule has 96 valence electrons. The molecular weight excluding hydrogens is 224 g/mol. The van der Waals surface area contributed by atoms with E-state index in [9.17, 15) is 9.59 Å². The maximum atomic E-state index is 11.5. The standard InChI is InChI=1S/C11H18N2O4/c1-7-8(2-5-17-7)6-12-10(16)13-11(3-4-11)9(14)15/h7-8H,2-6H2,1H3,(H,14,15)(H2,12,13,16). The number of carboxylic acids is 1. The predicted octanol–water partition coefficient (Wildman–Crippen LogP) is 0.328. The number of hydrogen-bond donors (Lipinski definition) is 3. The fourth-order valence-corrected chi connectivity index (χ4v) is 2.05. The largest absolute Gasteiger partial charge is 0.480 e. The summed E-state index contributed by atoms with van der Waals surface area (Å²) in [6, 6.07) is -0.399. The molecule has 1 aliphatic heterocycles. The van der Waals surface area contributed by atoms with Crippen molar-refractivity contribution in [2.75, 3.05) is 13.2 Å². The van der Waals surface area contributed by atoms with Crippen LogP contribution in [0.25, 0.3) is 0 Å². The van der Waals surface area contributed by atoms with Crippen LogP contribution in [0.15, 0.2) is 0 Å². The number of carbonyl (C=O) groups is 2. The quantitative estimate of drug-likeness (QED) is 0.663. The molecule has 2 aliphatic rings. The van der Waals surface area contributed by atoms with E-state index in [0.29, 0.717) is 25.3 Å². The summed E-state index contributed by atoms with van der Waals surface area (Å²) in [5.74, 6) is -0.633. The van der Waals surface area contributed by atoms with Crippen molar-refractivity contribution in [3.63, 3.8) is 0 Å². The Bertz CT molecular complexity index is 327. The van der Waals surface area contributed by atoms with E-state index in [0.717, 1.165) is 13.0 Å². The van der Waals surface area contributed by atoms with Gasteiger partial charge in [0.25, 0.3) is 0 Å². The summed E-state index contributed by atoms with van der Waals surface area (Å²) >= 11 is 0. The Morgan fingerprint density at radius 1 is 1.47 bits per heavy atom. The molecule has 0 radical (unpaired) electrons. The molecule has 2 fully saturated rings. The molecule has 17 heavy (non-hydrogen) atoms. The van der Waals surface area contributed by atoms with Crippen molar-refractivity contribution in [1.29, 1.82) is 0 Å². The summed E-state index contributed by atoms with van der Waals surface area (Å²) < 4.78 is 5.38. The molecule has 2 unspecified atom stereocenters. The predicted molar refractivity (Wildman–Crippen MR) is 59.7 cm³/mol. The van der Waals surface area contributed by atoms with Crippen LogP contribution in [0.3, 0.4) is 0 Å². The second-order valence-corrected chi connectivity index (χ2v) is 4.85. The number of urea groups is 1. The first-order chi connectivity index (χ1) is 8.03. The molecule has 0 aromatic heterocycles. The SMILES string of the molecule is CC1OCCC1CNC(=O)NC1(C(=O)O)CC1. The molecule has 0 aromatic rings. The molecule has 1 saturated carbocycles. The van der Waals surface area contributed by atoms with Crippen LogP contribution in [0.5, 0.6) is 0 Å². The summed E-state index contributed by atoms with van der Waals surface area (Å²) in [5, 5.41) is 14.1. The summed E-state index contributed by atoms with van der Waals surface area (Å²) in [7, 11) is 0. The van der Waals surface area contributed by atoms with Gasteiger partial charge in [0.1, 0.15) is 5.54 Å². The molecule has 2 amide bonds. The van der Waals surface area contributed by atoms with Gasteiger partial charge in [0.2, 0.25) is 0 Å². The van der Waals surface area contributed by atoms with Gasteiger partial charge in [-0.05, 0) is 26.2 Å². The Balaban J connectivity index is 1.73. The molecule has 0 bridgehead atoms. The Morgan fingerprint density at radius 2 is 2.18 bits per heavy atom. The second kappa shape index (κ2) is 4.52. The highest BCUT2D eigenvalue weighted by atomic mass is 16.5. The van der Waals surface area contributed by atoms with Crippen LogP contribution >= 0.6 is 0 Å². The number of ether oxygens (including phenoxy) is 1. The van der Waals surface area contributed by atoms with Crippen molar-refractivity contribution >= 4 is 12.0 Å². The minimum absolute atomic E-state index is 0.157. The zero-order chi connectivity index (χ0) is 12.5. The third-order valence-corrected chi connectivity index (χ3v) is 3.57. The average Bonchev–Trinajstić information content (AvgIpc) is 2.93. The number of nitrogens with one attached hydrogen (secondary N) is 2. The van der Waals surface area contributed by atoms with Crippen LogP contribution in [0, 0.1) is 5.92 Å². The van der Waals surface area contributed by atoms with Gasteiger partial charge in [-0.3, -0.25) is 0 Å². The van der Waals surface area contributed by atoms with Crippen molar-refractivity contribution in [2.45, 2.75) is 37.8 Å². The third-order valence-electron chi connectivity index (χ3n) is 3.57. The fourth-order valence-electron chi connectivity index (χ4n) is 2.05. The number of hydrogen-bond acceptors (Lipinski definition) is 3. The van der Waals surface area contributed by atoms with E-state index in [4.69, 9.17) is 9.84 Å². The molecule has 1 saturated heterocycles. The molecule has 1 aliphatic carbocycles. The molecule has 0 spiro atoms. The summed E-state index contributed by atoms with van der Waals surface area (Å²) in [6.45, 7) is 3.24. The average molecular weight is 242 g/mol. The molecule has 1 heterocycles. The van der Waals surface area contributed by atoms with Crippen LogP contribution in [0.1, 0.15) is 26.2 Å². The minimum Gasteiger partial charge on any atom is -0.480 e. The summed E-state index contributed by atoms with van der Waals surface area (Å²) in [5.41, 5.74) is -1.01. The molecule has 0 aromatic carbocycles. The lowest BCUT2D eigenvalue weighted by Crippen LogP contribution is -2.49. The van der Waals surface area contributed by atoms with Crippen molar-refractivity contribution in [3.05, 3.63) is 0 Å². The molecule has 2 rings (SSSR count). The highest BCUT2D eigenvalue weighted by Crippen LogP contribution is 2.35. The lowest BCUT2D eigenvalue weighted by Gasteiger charge is -2.17. The monoisotopic (exact) mass is 242 g/mol.